The highest BCUT2D eigenvalue weighted by Crippen LogP contribution is 2.13. The van der Waals surface area contributed by atoms with Crippen LogP contribution in [0.25, 0.3) is 0 Å². The summed E-state index contributed by atoms with van der Waals surface area (Å²) < 4.78 is 0. The molecule has 0 radical (unpaired) electrons. The van der Waals surface area contributed by atoms with Gasteiger partial charge >= 0.3 is 0 Å². The van der Waals surface area contributed by atoms with Crippen LogP contribution in [0.3, 0.4) is 0 Å². The van der Waals surface area contributed by atoms with Crippen LogP contribution in [0.2, 0.25) is 0 Å². The maximum Gasteiger partial charge on any atom is 0.00938 e. The third-order valence-corrected chi connectivity index (χ3v) is 4.13. The first kappa shape index (κ1) is 15.3. The Kier molecular flexibility index (Phi) is 7.56. The molecular formula is C14H30N2S. The van der Waals surface area contributed by atoms with Crippen LogP contribution in [0.5, 0.6) is 0 Å². The highest BCUT2D eigenvalue weighted by atomic mass is 32.2. The number of nitrogens with zero attached hydrogens (tertiary/aromatic N) is 1. The summed E-state index contributed by atoms with van der Waals surface area (Å²) in [6, 6.07) is 1.44. The number of hydrogen-bond donors (Lipinski definition) is 1. The Labute approximate surface area is 112 Å². The average molecular weight is 258 g/mol. The van der Waals surface area contributed by atoms with Gasteiger partial charge in [-0.2, -0.15) is 11.8 Å². The van der Waals surface area contributed by atoms with Crippen molar-refractivity contribution in [2.75, 3.05) is 31.6 Å². The summed E-state index contributed by atoms with van der Waals surface area (Å²) >= 11 is 1.95. The summed E-state index contributed by atoms with van der Waals surface area (Å²) in [6.07, 6.45) is 6.15. The number of rotatable bonds is 7. The van der Waals surface area contributed by atoms with Crippen molar-refractivity contribution in [2.24, 2.45) is 5.92 Å². The normalized spacial score (nSPS) is 21.0. The Balaban J connectivity index is 2.14. The van der Waals surface area contributed by atoms with Gasteiger partial charge in [-0.1, -0.05) is 13.8 Å². The Morgan fingerprint density at radius 3 is 2.41 bits per heavy atom. The molecule has 0 aliphatic carbocycles. The van der Waals surface area contributed by atoms with Gasteiger partial charge in [0.2, 0.25) is 0 Å². The first-order chi connectivity index (χ1) is 8.11. The minimum absolute atomic E-state index is 0.684. The van der Waals surface area contributed by atoms with Gasteiger partial charge < -0.3 is 10.2 Å². The molecule has 0 aromatic rings. The molecule has 1 rings (SSSR count). The van der Waals surface area contributed by atoms with E-state index in [4.69, 9.17) is 0 Å². The van der Waals surface area contributed by atoms with Crippen LogP contribution in [0.1, 0.15) is 40.0 Å². The van der Waals surface area contributed by atoms with E-state index in [0.29, 0.717) is 6.04 Å². The molecule has 0 spiro atoms. The molecule has 2 nitrogen and oxygen atoms in total. The zero-order chi connectivity index (χ0) is 12.7. The van der Waals surface area contributed by atoms with Gasteiger partial charge in [-0.25, -0.2) is 0 Å². The van der Waals surface area contributed by atoms with Crippen molar-refractivity contribution in [1.82, 2.24) is 10.2 Å². The average Bonchev–Trinajstić information content (AvgIpc) is 2.28. The first-order valence-electron chi connectivity index (χ1n) is 7.09. The quantitative estimate of drug-likeness (QED) is 0.756. The Hall–Kier alpha value is 0.270. The molecule has 1 aliphatic heterocycles. The predicted molar refractivity (Wildman–Crippen MR) is 79.9 cm³/mol. The topological polar surface area (TPSA) is 15.3 Å². The van der Waals surface area contributed by atoms with Crippen molar-refractivity contribution < 1.29 is 0 Å². The predicted octanol–water partition coefficient (Wildman–Crippen LogP) is 2.84. The second-order valence-electron chi connectivity index (χ2n) is 5.82. The van der Waals surface area contributed by atoms with Gasteiger partial charge in [0.25, 0.3) is 0 Å². The van der Waals surface area contributed by atoms with Gasteiger partial charge in [-0.3, -0.25) is 0 Å². The molecular weight excluding hydrogens is 228 g/mol. The standard InChI is InChI=1S/C14H30N2S/c1-12(2)11-16-8-5-14(6-9-16)15-13(3)7-10-17-4/h12-15H,5-11H2,1-4H3/t13-/m1/s1. The highest BCUT2D eigenvalue weighted by Gasteiger charge is 2.20. The lowest BCUT2D eigenvalue weighted by atomic mass is 10.0. The highest BCUT2D eigenvalue weighted by molar-refractivity contribution is 7.98. The number of piperidine rings is 1. The molecule has 0 saturated carbocycles. The van der Waals surface area contributed by atoms with Crippen LogP contribution in [-0.4, -0.2) is 48.6 Å². The van der Waals surface area contributed by atoms with Crippen molar-refractivity contribution in [3.8, 4) is 0 Å². The van der Waals surface area contributed by atoms with Crippen molar-refractivity contribution in [3.05, 3.63) is 0 Å². The van der Waals surface area contributed by atoms with Gasteiger partial charge in [0.1, 0.15) is 0 Å². The number of hydrogen-bond acceptors (Lipinski definition) is 3. The Morgan fingerprint density at radius 1 is 1.24 bits per heavy atom. The summed E-state index contributed by atoms with van der Waals surface area (Å²) in [5.74, 6) is 2.08. The molecule has 0 bridgehead atoms. The molecule has 0 amide bonds. The second kappa shape index (κ2) is 8.39. The summed E-state index contributed by atoms with van der Waals surface area (Å²) in [5.41, 5.74) is 0. The fourth-order valence-electron chi connectivity index (χ4n) is 2.58. The van der Waals surface area contributed by atoms with Crippen LogP contribution in [0.15, 0.2) is 0 Å². The minimum Gasteiger partial charge on any atom is -0.311 e. The van der Waals surface area contributed by atoms with E-state index >= 15 is 0 Å². The van der Waals surface area contributed by atoms with Crippen molar-refractivity contribution >= 4 is 11.8 Å². The molecule has 102 valence electrons. The van der Waals surface area contributed by atoms with Gasteiger partial charge in [0.15, 0.2) is 0 Å². The largest absolute Gasteiger partial charge is 0.311 e. The monoisotopic (exact) mass is 258 g/mol. The van der Waals surface area contributed by atoms with E-state index in [-0.39, 0.29) is 0 Å². The van der Waals surface area contributed by atoms with E-state index in [2.05, 4.69) is 37.2 Å². The van der Waals surface area contributed by atoms with E-state index < -0.39 is 0 Å². The van der Waals surface area contributed by atoms with E-state index in [1.165, 1.54) is 44.6 Å². The van der Waals surface area contributed by atoms with Crippen LogP contribution in [-0.2, 0) is 0 Å². The van der Waals surface area contributed by atoms with Gasteiger partial charge in [0.05, 0.1) is 0 Å². The molecule has 1 saturated heterocycles. The SMILES string of the molecule is CSCC[C@@H](C)NC1CCN(CC(C)C)CC1. The second-order valence-corrected chi connectivity index (χ2v) is 6.80. The maximum atomic E-state index is 3.79. The lowest BCUT2D eigenvalue weighted by molar-refractivity contribution is 0.175. The molecule has 1 fully saturated rings. The molecule has 1 atom stereocenters. The van der Waals surface area contributed by atoms with Crippen molar-refractivity contribution in [2.45, 2.75) is 52.1 Å². The van der Waals surface area contributed by atoms with Crippen LogP contribution in [0, 0.1) is 5.92 Å². The van der Waals surface area contributed by atoms with Crippen LogP contribution in [0.4, 0.5) is 0 Å². The molecule has 1 N–H and O–H groups in total. The molecule has 3 heteroatoms. The molecule has 0 aromatic heterocycles. The van der Waals surface area contributed by atoms with E-state index in [0.717, 1.165) is 12.0 Å². The maximum absolute atomic E-state index is 3.79. The molecule has 1 aliphatic rings. The van der Waals surface area contributed by atoms with Crippen LogP contribution >= 0.6 is 11.8 Å². The summed E-state index contributed by atoms with van der Waals surface area (Å²) in [7, 11) is 0. The molecule has 0 unspecified atom stereocenters. The third kappa shape index (κ3) is 6.68. The third-order valence-electron chi connectivity index (χ3n) is 3.49. The molecule has 17 heavy (non-hydrogen) atoms. The number of nitrogens with one attached hydrogen (secondary N) is 1. The summed E-state index contributed by atoms with van der Waals surface area (Å²) in [5, 5.41) is 3.79. The van der Waals surface area contributed by atoms with E-state index in [1.807, 2.05) is 11.8 Å². The van der Waals surface area contributed by atoms with Crippen molar-refractivity contribution in [3.63, 3.8) is 0 Å². The molecule has 0 aromatic carbocycles. The lowest BCUT2D eigenvalue weighted by Gasteiger charge is -2.34. The minimum atomic E-state index is 0.684. The Morgan fingerprint density at radius 2 is 1.88 bits per heavy atom. The summed E-state index contributed by atoms with van der Waals surface area (Å²) in [6.45, 7) is 10.8. The van der Waals surface area contributed by atoms with Crippen molar-refractivity contribution in [1.29, 1.82) is 0 Å². The Bertz CT molecular complexity index is 189. The molecule has 1 heterocycles. The van der Waals surface area contributed by atoms with Gasteiger partial charge in [-0.05, 0) is 57.2 Å². The van der Waals surface area contributed by atoms with Gasteiger partial charge in [0, 0.05) is 18.6 Å². The lowest BCUT2D eigenvalue weighted by Crippen LogP contribution is -2.46. The smallest absolute Gasteiger partial charge is 0.00938 e. The number of thioether (sulfide) groups is 1. The van der Waals surface area contributed by atoms with E-state index in [9.17, 15) is 0 Å². The zero-order valence-electron chi connectivity index (χ0n) is 12.0. The fraction of sp³-hybridized carbons (Fsp3) is 1.00. The number of likely N-dealkylation sites (tertiary alicyclic amines) is 1. The van der Waals surface area contributed by atoms with E-state index in [1.54, 1.807) is 0 Å². The summed E-state index contributed by atoms with van der Waals surface area (Å²) in [4.78, 5) is 2.62. The van der Waals surface area contributed by atoms with Crippen LogP contribution < -0.4 is 5.32 Å². The fourth-order valence-corrected chi connectivity index (χ4v) is 3.17. The van der Waals surface area contributed by atoms with Gasteiger partial charge in [-0.15, -0.1) is 0 Å². The zero-order valence-corrected chi connectivity index (χ0v) is 12.9. The first-order valence-corrected chi connectivity index (χ1v) is 8.48.